The fourth-order valence-corrected chi connectivity index (χ4v) is 2.21. The molecule has 1 aromatic carbocycles. The summed E-state index contributed by atoms with van der Waals surface area (Å²) < 4.78 is 0. The van der Waals surface area contributed by atoms with E-state index in [2.05, 4.69) is 5.32 Å². The summed E-state index contributed by atoms with van der Waals surface area (Å²) in [6.07, 6.45) is 1.64. The van der Waals surface area contributed by atoms with Crippen LogP contribution in [0.15, 0.2) is 18.2 Å². The maximum absolute atomic E-state index is 10.9. The number of aliphatic hydroxyl groups is 1. The lowest BCUT2D eigenvalue weighted by molar-refractivity contribution is -0.385. The first-order valence-corrected chi connectivity index (χ1v) is 6.97. The molecule has 2 atom stereocenters. The van der Waals surface area contributed by atoms with Crippen LogP contribution in [0.2, 0.25) is 0 Å². The molecule has 2 N–H and O–H groups in total. The molecule has 0 spiro atoms. The molecule has 112 valence electrons. The molecule has 0 radical (unpaired) electrons. The van der Waals surface area contributed by atoms with E-state index < -0.39 is 5.60 Å². The Hall–Kier alpha value is -1.46. The Labute approximate surface area is 120 Å². The van der Waals surface area contributed by atoms with Crippen molar-refractivity contribution in [3.05, 3.63) is 39.4 Å². The smallest absolute Gasteiger partial charge is 0.272 e. The number of hydrogen-bond donors (Lipinski definition) is 2. The fraction of sp³-hybridized carbons (Fsp3) is 0.600. The third-order valence-corrected chi connectivity index (χ3v) is 3.51. The lowest BCUT2D eigenvalue weighted by Gasteiger charge is -2.25. The first-order valence-electron chi connectivity index (χ1n) is 6.97. The van der Waals surface area contributed by atoms with Gasteiger partial charge >= 0.3 is 0 Å². The molecule has 1 aromatic rings. The number of hydrogen-bond acceptors (Lipinski definition) is 4. The van der Waals surface area contributed by atoms with E-state index in [9.17, 15) is 15.2 Å². The van der Waals surface area contributed by atoms with Crippen molar-refractivity contribution in [1.82, 2.24) is 5.32 Å². The number of nitrogens with zero attached hydrogens (tertiary/aromatic N) is 1. The number of nitrogens with one attached hydrogen (secondary N) is 1. The summed E-state index contributed by atoms with van der Waals surface area (Å²) in [5.74, 6) is 0. The van der Waals surface area contributed by atoms with E-state index >= 15 is 0 Å². The van der Waals surface area contributed by atoms with Gasteiger partial charge in [-0.2, -0.15) is 0 Å². The van der Waals surface area contributed by atoms with Gasteiger partial charge in [0.2, 0.25) is 0 Å². The highest BCUT2D eigenvalue weighted by molar-refractivity contribution is 5.43. The zero-order chi connectivity index (χ0) is 15.3. The lowest BCUT2D eigenvalue weighted by atomic mass is 9.99. The van der Waals surface area contributed by atoms with Crippen LogP contribution in [-0.4, -0.2) is 22.2 Å². The highest BCUT2D eigenvalue weighted by Gasteiger charge is 2.21. The van der Waals surface area contributed by atoms with Crippen molar-refractivity contribution in [2.24, 2.45) is 0 Å². The predicted octanol–water partition coefficient (Wildman–Crippen LogP) is 3.10. The minimum absolute atomic E-state index is 0.0439. The topological polar surface area (TPSA) is 75.4 Å². The Morgan fingerprint density at radius 2 is 2.15 bits per heavy atom. The third kappa shape index (κ3) is 4.58. The van der Waals surface area contributed by atoms with Crippen LogP contribution >= 0.6 is 0 Å². The Morgan fingerprint density at radius 1 is 1.50 bits per heavy atom. The van der Waals surface area contributed by atoms with E-state index in [4.69, 9.17) is 0 Å². The molecule has 0 bridgehead atoms. The molecule has 5 nitrogen and oxygen atoms in total. The van der Waals surface area contributed by atoms with Crippen molar-refractivity contribution >= 4 is 5.69 Å². The zero-order valence-electron chi connectivity index (χ0n) is 12.6. The second-order valence-electron chi connectivity index (χ2n) is 5.65. The van der Waals surface area contributed by atoms with Crippen LogP contribution in [0, 0.1) is 17.0 Å². The number of rotatable bonds is 7. The lowest BCUT2D eigenvalue weighted by Crippen LogP contribution is -2.38. The van der Waals surface area contributed by atoms with Gasteiger partial charge in [-0.1, -0.05) is 25.5 Å². The van der Waals surface area contributed by atoms with Crippen molar-refractivity contribution in [2.75, 3.05) is 6.54 Å². The van der Waals surface area contributed by atoms with E-state index in [1.54, 1.807) is 26.0 Å². The molecular formula is C15H24N2O3. The maximum atomic E-state index is 10.9. The summed E-state index contributed by atoms with van der Waals surface area (Å²) in [6.45, 7) is 7.96. The van der Waals surface area contributed by atoms with Crippen LogP contribution < -0.4 is 5.32 Å². The molecule has 1 rings (SSSR count). The first-order chi connectivity index (χ1) is 9.26. The summed E-state index contributed by atoms with van der Waals surface area (Å²) >= 11 is 0. The molecule has 20 heavy (non-hydrogen) atoms. The van der Waals surface area contributed by atoms with Gasteiger partial charge in [0.05, 0.1) is 10.5 Å². The van der Waals surface area contributed by atoms with Crippen LogP contribution in [0.1, 0.15) is 50.8 Å². The second-order valence-corrected chi connectivity index (χ2v) is 5.65. The summed E-state index contributed by atoms with van der Waals surface area (Å²) in [4.78, 5) is 10.6. The van der Waals surface area contributed by atoms with Crippen LogP contribution in [0.5, 0.6) is 0 Å². The predicted molar refractivity (Wildman–Crippen MR) is 79.8 cm³/mol. The molecule has 0 amide bonds. The summed E-state index contributed by atoms with van der Waals surface area (Å²) in [6, 6.07) is 5.20. The molecular weight excluding hydrogens is 256 g/mol. The van der Waals surface area contributed by atoms with Crippen molar-refractivity contribution < 1.29 is 10.0 Å². The van der Waals surface area contributed by atoms with Gasteiger partial charge in [-0.05, 0) is 32.8 Å². The Morgan fingerprint density at radius 3 is 2.70 bits per heavy atom. The number of nitro groups is 1. The largest absolute Gasteiger partial charge is 0.389 e. The minimum atomic E-state index is -0.750. The minimum Gasteiger partial charge on any atom is -0.389 e. The van der Waals surface area contributed by atoms with Gasteiger partial charge in [-0.3, -0.25) is 10.1 Å². The van der Waals surface area contributed by atoms with E-state index in [0.29, 0.717) is 12.1 Å². The summed E-state index contributed by atoms with van der Waals surface area (Å²) in [5.41, 5.74) is 0.898. The van der Waals surface area contributed by atoms with Crippen LogP contribution in [-0.2, 0) is 0 Å². The zero-order valence-corrected chi connectivity index (χ0v) is 12.6. The molecule has 0 fully saturated rings. The van der Waals surface area contributed by atoms with Crippen molar-refractivity contribution in [3.8, 4) is 0 Å². The monoisotopic (exact) mass is 280 g/mol. The Balaban J connectivity index is 2.75. The van der Waals surface area contributed by atoms with Crippen molar-refractivity contribution in [2.45, 2.75) is 52.2 Å². The van der Waals surface area contributed by atoms with Crippen LogP contribution in [0.3, 0.4) is 0 Å². The van der Waals surface area contributed by atoms with Gasteiger partial charge in [-0.15, -0.1) is 0 Å². The van der Waals surface area contributed by atoms with Crippen molar-refractivity contribution in [1.29, 1.82) is 0 Å². The normalized spacial score (nSPS) is 15.7. The molecule has 0 aliphatic carbocycles. The van der Waals surface area contributed by atoms with E-state index in [-0.39, 0.29) is 16.7 Å². The van der Waals surface area contributed by atoms with Gasteiger partial charge in [0.25, 0.3) is 5.69 Å². The summed E-state index contributed by atoms with van der Waals surface area (Å²) in [7, 11) is 0. The van der Waals surface area contributed by atoms with E-state index in [1.807, 2.05) is 19.9 Å². The number of benzene rings is 1. The standard InChI is InChI=1S/C15H24N2O3/c1-5-8-15(4,18)10-16-12(3)13-7-6-11(2)14(9-13)17(19)20/h6-7,9,12,16,18H,5,8,10H2,1-4H3. The first kappa shape index (κ1) is 16.6. The molecule has 0 aromatic heterocycles. The molecule has 2 unspecified atom stereocenters. The highest BCUT2D eigenvalue weighted by Crippen LogP contribution is 2.23. The molecule has 0 heterocycles. The number of aryl methyl sites for hydroxylation is 1. The second kappa shape index (κ2) is 6.81. The maximum Gasteiger partial charge on any atom is 0.272 e. The average Bonchev–Trinajstić information content (AvgIpc) is 2.36. The molecule has 5 heteroatoms. The van der Waals surface area contributed by atoms with Gasteiger partial charge < -0.3 is 10.4 Å². The molecule has 0 saturated carbocycles. The average molecular weight is 280 g/mol. The molecule has 0 aliphatic rings. The third-order valence-electron chi connectivity index (χ3n) is 3.51. The fourth-order valence-electron chi connectivity index (χ4n) is 2.21. The number of nitro benzene ring substituents is 1. The van der Waals surface area contributed by atoms with Crippen LogP contribution in [0.25, 0.3) is 0 Å². The van der Waals surface area contributed by atoms with E-state index in [0.717, 1.165) is 18.4 Å². The van der Waals surface area contributed by atoms with Gasteiger partial charge in [0.1, 0.15) is 0 Å². The molecule has 0 saturated heterocycles. The van der Waals surface area contributed by atoms with Crippen LogP contribution in [0.4, 0.5) is 5.69 Å². The van der Waals surface area contributed by atoms with Gasteiger partial charge in [0, 0.05) is 24.2 Å². The van der Waals surface area contributed by atoms with Gasteiger partial charge in [0.15, 0.2) is 0 Å². The quantitative estimate of drug-likeness (QED) is 0.594. The van der Waals surface area contributed by atoms with Gasteiger partial charge in [-0.25, -0.2) is 0 Å². The van der Waals surface area contributed by atoms with Crippen molar-refractivity contribution in [3.63, 3.8) is 0 Å². The Bertz CT molecular complexity index is 472. The summed E-state index contributed by atoms with van der Waals surface area (Å²) in [5, 5.41) is 24.3. The highest BCUT2D eigenvalue weighted by atomic mass is 16.6. The SMILES string of the molecule is CCCC(C)(O)CNC(C)c1ccc(C)c([N+](=O)[O-])c1. The van der Waals surface area contributed by atoms with E-state index in [1.165, 1.54) is 0 Å². The Kier molecular flexibility index (Phi) is 5.65. The molecule has 0 aliphatic heterocycles.